The van der Waals surface area contributed by atoms with Crippen LogP contribution in [-0.4, -0.2) is 34.5 Å². The van der Waals surface area contributed by atoms with Crippen LogP contribution < -0.4 is 4.31 Å². The Kier molecular flexibility index (Phi) is 5.49. The quantitative estimate of drug-likeness (QED) is 0.765. The van der Waals surface area contributed by atoms with E-state index in [1.165, 1.54) is 9.87 Å². The molecule has 0 aromatic heterocycles. The van der Waals surface area contributed by atoms with Crippen LogP contribution in [0.2, 0.25) is 13.1 Å². The minimum Gasteiger partial charge on any atom is -0.402 e. The molecule has 5 nitrogen and oxygen atoms in total. The summed E-state index contributed by atoms with van der Waals surface area (Å²) < 4.78 is 34.7. The van der Waals surface area contributed by atoms with Crippen LogP contribution in [0, 0.1) is 0 Å². The van der Waals surface area contributed by atoms with E-state index in [2.05, 4.69) is 26.8 Å². The monoisotopic (exact) mass is 370 g/mol. The molecule has 0 saturated heterocycles. The number of anilines is 1. The van der Waals surface area contributed by atoms with Crippen molar-refractivity contribution >= 4 is 24.9 Å². The molecule has 1 aromatic carbocycles. The normalized spacial score (nSPS) is 18.3. The molecule has 7 heteroatoms. The highest BCUT2D eigenvalue weighted by Gasteiger charge is 2.38. The van der Waals surface area contributed by atoms with Gasteiger partial charge in [-0.2, -0.15) is 12.7 Å². The average molecular weight is 371 g/mol. The van der Waals surface area contributed by atoms with Gasteiger partial charge >= 0.3 is 10.2 Å². The van der Waals surface area contributed by atoms with E-state index >= 15 is 0 Å². The molecule has 0 unspecified atom stereocenters. The van der Waals surface area contributed by atoms with Crippen LogP contribution >= 0.6 is 0 Å². The van der Waals surface area contributed by atoms with E-state index in [0.717, 1.165) is 11.3 Å². The molecule has 1 aromatic rings. The molecule has 1 heterocycles. The van der Waals surface area contributed by atoms with Crippen molar-refractivity contribution in [2.24, 2.45) is 0 Å². The number of fused-ring (bicyclic) bond motifs is 1. The molecular formula is C17H30N2O3SSi. The second-order valence-electron chi connectivity index (χ2n) is 7.93. The summed E-state index contributed by atoms with van der Waals surface area (Å²) in [5, 5.41) is 0. The Bertz CT molecular complexity index is 696. The fourth-order valence-electron chi connectivity index (χ4n) is 2.72. The first-order valence-electron chi connectivity index (χ1n) is 8.49. The van der Waals surface area contributed by atoms with E-state index < -0.39 is 19.2 Å². The number of rotatable bonds is 4. The van der Waals surface area contributed by atoms with E-state index in [1.807, 2.05) is 39.1 Å². The fourth-order valence-corrected chi connectivity index (χ4v) is 4.99. The molecule has 0 spiro atoms. The van der Waals surface area contributed by atoms with Gasteiger partial charge in [0.25, 0.3) is 0 Å². The molecule has 0 bridgehead atoms. The van der Waals surface area contributed by atoms with Gasteiger partial charge in [0.05, 0.1) is 5.69 Å². The maximum Gasteiger partial charge on any atom is 0.306 e. The first kappa shape index (κ1) is 19.4. The van der Waals surface area contributed by atoms with Crippen molar-refractivity contribution in [1.29, 1.82) is 0 Å². The third kappa shape index (κ3) is 3.85. The molecule has 0 fully saturated rings. The Hall–Kier alpha value is -0.893. The molecule has 0 amide bonds. The summed E-state index contributed by atoms with van der Waals surface area (Å²) in [6.07, 6.45) is 0. The van der Waals surface area contributed by atoms with Crippen LogP contribution in [0.3, 0.4) is 0 Å². The van der Waals surface area contributed by atoms with Crippen molar-refractivity contribution in [3.63, 3.8) is 0 Å². The van der Waals surface area contributed by atoms with Crippen molar-refractivity contribution in [1.82, 2.24) is 4.31 Å². The number of nitrogens with zero attached hydrogens (tertiary/aromatic N) is 2. The minimum absolute atomic E-state index is 0.0280. The Morgan fingerprint density at radius 3 is 2.38 bits per heavy atom. The summed E-state index contributed by atoms with van der Waals surface area (Å²) in [4.78, 5) is 0. The van der Waals surface area contributed by atoms with Crippen LogP contribution in [0.1, 0.15) is 45.7 Å². The Labute approximate surface area is 148 Å². The Morgan fingerprint density at radius 2 is 1.88 bits per heavy atom. The molecule has 24 heavy (non-hydrogen) atoms. The van der Waals surface area contributed by atoms with Crippen molar-refractivity contribution in [2.75, 3.05) is 11.0 Å². The van der Waals surface area contributed by atoms with Crippen LogP contribution in [0.25, 0.3) is 0 Å². The van der Waals surface area contributed by atoms with Gasteiger partial charge < -0.3 is 4.43 Å². The highest BCUT2D eigenvalue weighted by atomic mass is 32.2. The first-order valence-corrected chi connectivity index (χ1v) is 12.7. The molecular weight excluding hydrogens is 340 g/mol. The summed E-state index contributed by atoms with van der Waals surface area (Å²) in [5.41, 5.74) is 3.03. The summed E-state index contributed by atoms with van der Waals surface area (Å²) in [6, 6.07) is 6.00. The van der Waals surface area contributed by atoms with Gasteiger partial charge in [0.1, 0.15) is 6.73 Å². The van der Waals surface area contributed by atoms with Crippen molar-refractivity contribution < 1.29 is 12.8 Å². The topological polar surface area (TPSA) is 49.9 Å². The van der Waals surface area contributed by atoms with E-state index in [4.69, 9.17) is 4.43 Å². The van der Waals surface area contributed by atoms with Crippen LogP contribution in [-0.2, 0) is 26.6 Å². The van der Waals surface area contributed by atoms with E-state index in [-0.39, 0.29) is 18.2 Å². The fraction of sp³-hybridized carbons (Fsp3) is 0.647. The molecule has 1 aliphatic heterocycles. The second-order valence-corrected chi connectivity index (χ2v) is 12.2. The third-order valence-electron chi connectivity index (χ3n) is 4.22. The summed E-state index contributed by atoms with van der Waals surface area (Å²) >= 11 is 0. The number of benzene rings is 1. The Balaban J connectivity index is 2.53. The third-order valence-corrected chi connectivity index (χ3v) is 7.03. The molecule has 1 aliphatic rings. The first-order chi connectivity index (χ1) is 10.9. The van der Waals surface area contributed by atoms with Crippen LogP contribution in [0.15, 0.2) is 18.2 Å². The largest absolute Gasteiger partial charge is 0.402 e. The summed E-state index contributed by atoms with van der Waals surface area (Å²) in [5.74, 6) is 0. The van der Waals surface area contributed by atoms with Gasteiger partial charge in [0.2, 0.25) is 0 Å². The van der Waals surface area contributed by atoms with Gasteiger partial charge in [-0.1, -0.05) is 32.9 Å². The summed E-state index contributed by atoms with van der Waals surface area (Å²) in [7, 11) is -4.88. The SMILES string of the molecule is CC(C)N1Cc2cc(C(C)(C)C)ccc2N(CO[SiH](C)C)S1(=O)=O. The van der Waals surface area contributed by atoms with Gasteiger partial charge in [-0.05, 0) is 49.5 Å². The molecule has 0 aliphatic carbocycles. The zero-order valence-electron chi connectivity index (χ0n) is 15.8. The van der Waals surface area contributed by atoms with Crippen molar-refractivity contribution in [3.05, 3.63) is 29.3 Å². The predicted octanol–water partition coefficient (Wildman–Crippen LogP) is 3.22. The standard InChI is InChI=1S/C17H30N2O3SSi/c1-13(2)18-11-14-10-15(17(3,4)5)8-9-16(14)19(23(18,20)21)12-22-24(6)7/h8-10,13,24H,11-12H2,1-7H3. The van der Waals surface area contributed by atoms with Gasteiger partial charge in [-0.3, -0.25) is 0 Å². The molecule has 0 atom stereocenters. The predicted molar refractivity (Wildman–Crippen MR) is 102 cm³/mol. The van der Waals surface area contributed by atoms with Crippen LogP contribution in [0.4, 0.5) is 5.69 Å². The molecule has 0 radical (unpaired) electrons. The van der Waals surface area contributed by atoms with Gasteiger partial charge in [-0.25, -0.2) is 4.31 Å². The average Bonchev–Trinajstić information content (AvgIpc) is 2.43. The van der Waals surface area contributed by atoms with Crippen LogP contribution in [0.5, 0.6) is 0 Å². The van der Waals surface area contributed by atoms with E-state index in [0.29, 0.717) is 6.54 Å². The lowest BCUT2D eigenvalue weighted by Crippen LogP contribution is -2.51. The smallest absolute Gasteiger partial charge is 0.306 e. The second kappa shape index (κ2) is 6.78. The van der Waals surface area contributed by atoms with Crippen molar-refractivity contribution in [3.8, 4) is 0 Å². The van der Waals surface area contributed by atoms with Gasteiger partial charge in [0.15, 0.2) is 9.04 Å². The zero-order chi connectivity index (χ0) is 18.3. The lowest BCUT2D eigenvalue weighted by molar-refractivity contribution is 0.307. The summed E-state index contributed by atoms with van der Waals surface area (Å²) in [6.45, 7) is 14.9. The maximum absolute atomic E-state index is 13.0. The van der Waals surface area contributed by atoms with Gasteiger partial charge in [0, 0.05) is 12.6 Å². The molecule has 2 rings (SSSR count). The van der Waals surface area contributed by atoms with E-state index in [1.54, 1.807) is 4.31 Å². The highest BCUT2D eigenvalue weighted by molar-refractivity contribution is 7.90. The lowest BCUT2D eigenvalue weighted by atomic mass is 9.86. The lowest BCUT2D eigenvalue weighted by Gasteiger charge is -2.39. The number of hydrogen-bond donors (Lipinski definition) is 0. The molecule has 0 N–H and O–H groups in total. The molecule has 0 saturated carbocycles. The number of hydrogen-bond acceptors (Lipinski definition) is 3. The zero-order valence-corrected chi connectivity index (χ0v) is 17.8. The van der Waals surface area contributed by atoms with E-state index in [9.17, 15) is 8.42 Å². The van der Waals surface area contributed by atoms with Gasteiger partial charge in [-0.15, -0.1) is 0 Å². The minimum atomic E-state index is -3.56. The highest BCUT2D eigenvalue weighted by Crippen LogP contribution is 2.36. The molecule has 136 valence electrons. The maximum atomic E-state index is 13.0. The van der Waals surface area contributed by atoms with Crippen molar-refractivity contribution in [2.45, 2.75) is 65.7 Å². The Morgan fingerprint density at radius 1 is 1.25 bits per heavy atom.